The van der Waals surface area contributed by atoms with E-state index in [0.717, 1.165) is 44.4 Å². The first kappa shape index (κ1) is 45.9. The van der Waals surface area contributed by atoms with Crippen molar-refractivity contribution in [3.05, 3.63) is 224 Å². The maximum absolute atomic E-state index is 12.3. The van der Waals surface area contributed by atoms with Crippen LogP contribution in [0.2, 0.25) is 0 Å². The van der Waals surface area contributed by atoms with Gasteiger partial charge < -0.3 is 14.9 Å². The van der Waals surface area contributed by atoms with E-state index in [-0.39, 0.29) is 61.5 Å². The number of benzene rings is 5. The summed E-state index contributed by atoms with van der Waals surface area (Å²) < 4.78 is 6.64. The number of rotatable bonds is 2. The molecule has 296 valence electrons. The second-order valence-electron chi connectivity index (χ2n) is 14.4. The Labute approximate surface area is 377 Å². The van der Waals surface area contributed by atoms with Crippen molar-refractivity contribution in [1.82, 2.24) is 0 Å². The molecule has 0 saturated carbocycles. The van der Waals surface area contributed by atoms with Gasteiger partial charge in [0.2, 0.25) is 0 Å². The summed E-state index contributed by atoms with van der Waals surface area (Å²) in [7, 11) is 0. The number of ether oxygens (including phenoxy) is 1. The van der Waals surface area contributed by atoms with Crippen LogP contribution in [-0.4, -0.2) is 35.0 Å². The summed E-state index contributed by atoms with van der Waals surface area (Å²) >= 11 is 6.90. The van der Waals surface area contributed by atoms with E-state index in [9.17, 15) is 19.8 Å². The van der Waals surface area contributed by atoms with Gasteiger partial charge in [0.1, 0.15) is 11.2 Å². The van der Waals surface area contributed by atoms with Crippen molar-refractivity contribution in [2.24, 2.45) is 23.7 Å². The third-order valence-corrected chi connectivity index (χ3v) is 12.0. The number of allylic oxidation sites excluding steroid dienone is 6. The Balaban J connectivity index is 0.000000185. The molecule has 0 spiro atoms. The van der Waals surface area contributed by atoms with Gasteiger partial charge in [0.05, 0.1) is 11.8 Å². The smallest absolute Gasteiger partial charge is 0.381 e. The topological polar surface area (TPSA) is 83.8 Å². The van der Waals surface area contributed by atoms with E-state index >= 15 is 0 Å². The first-order valence-corrected chi connectivity index (χ1v) is 20.8. The van der Waals surface area contributed by atoms with Crippen LogP contribution < -0.4 is 18.9 Å². The molecule has 0 amide bonds. The number of fused-ring (bicyclic) bond motifs is 4. The van der Waals surface area contributed by atoms with Gasteiger partial charge in [-0.3, -0.25) is 9.59 Å². The summed E-state index contributed by atoms with van der Waals surface area (Å²) in [5.41, 5.74) is 1.69. The van der Waals surface area contributed by atoms with E-state index in [2.05, 4.69) is 37.9 Å². The van der Waals surface area contributed by atoms with Gasteiger partial charge in [0, 0.05) is 45.1 Å². The third-order valence-electron chi connectivity index (χ3n) is 11.0. The van der Waals surface area contributed by atoms with E-state index in [1.54, 1.807) is 18.2 Å². The Morgan fingerprint density at radius 3 is 1.49 bits per heavy atom. The van der Waals surface area contributed by atoms with Crippen LogP contribution in [0.25, 0.3) is 0 Å². The molecule has 5 nitrogen and oxygen atoms in total. The van der Waals surface area contributed by atoms with Crippen molar-refractivity contribution < 1.29 is 43.4 Å². The number of halogens is 2. The van der Waals surface area contributed by atoms with Crippen LogP contribution in [-0.2, 0) is 15.9 Å². The molecule has 59 heavy (non-hydrogen) atoms. The Hall–Kier alpha value is -4.16. The summed E-state index contributed by atoms with van der Waals surface area (Å²) in [4.78, 5) is 24.5. The monoisotopic (exact) mass is 904 g/mol. The largest absolute Gasteiger partial charge is 1.00 e. The summed E-state index contributed by atoms with van der Waals surface area (Å²) in [6.45, 7) is 2.00. The molecule has 5 aromatic rings. The molecule has 6 atom stereocenters. The molecule has 0 aromatic heterocycles. The molecule has 1 fully saturated rings. The van der Waals surface area contributed by atoms with Gasteiger partial charge in [0.25, 0.3) is 0 Å². The molecular formula is C51H47Br2LiO5. The van der Waals surface area contributed by atoms with Crippen LogP contribution >= 0.6 is 31.9 Å². The second kappa shape index (κ2) is 20.9. The molecule has 10 rings (SSSR count). The van der Waals surface area contributed by atoms with Gasteiger partial charge in [0.15, 0.2) is 11.6 Å². The fourth-order valence-corrected chi connectivity index (χ4v) is 8.99. The van der Waals surface area contributed by atoms with Crippen molar-refractivity contribution in [3.63, 3.8) is 0 Å². The maximum Gasteiger partial charge on any atom is 1.00 e. The summed E-state index contributed by atoms with van der Waals surface area (Å²) in [6, 6.07) is 43.1. The number of hydrogen-bond acceptors (Lipinski definition) is 5. The van der Waals surface area contributed by atoms with E-state index in [1.807, 2.05) is 158 Å². The zero-order valence-corrected chi connectivity index (χ0v) is 35.4. The minimum Gasteiger partial charge on any atom is -0.381 e. The summed E-state index contributed by atoms with van der Waals surface area (Å²) in [6.07, 6.45) is 17.8. The molecule has 1 saturated heterocycles. The number of hydrogen-bond donors (Lipinski definition) is 2. The number of carbonyl (C=O) groups is 2. The standard InChI is InChI=1S/C26H21BrO2.C14H9BrO2.C6H5.C4H8O.CH4.Li/c27-20-15-16-23-24(17-20)26(29,19-11-5-2-6-12-19)22-14-8-7-13-21(22)25(23,28)18-9-3-1-4-10-18;15-8-5-6-11-12(7-8)14(17)10-4-2-1-3-9(10)13(11)16;1-2-4-6-5-3-1;1-2-4-5-3-1;;/h1-17,21-22,28-29H;1-7,9-10H;1-5H;1-4H2;1H4;/q;;-1;;;+1. The van der Waals surface area contributed by atoms with Crippen LogP contribution in [0.15, 0.2) is 185 Å². The summed E-state index contributed by atoms with van der Waals surface area (Å²) in [5.74, 6) is -1.20. The molecule has 1 heterocycles. The van der Waals surface area contributed by atoms with E-state index in [1.165, 1.54) is 12.8 Å². The molecule has 5 aromatic carbocycles. The first-order chi connectivity index (χ1) is 27.7. The van der Waals surface area contributed by atoms with Crippen LogP contribution in [0, 0.1) is 29.7 Å². The Bertz CT molecular complexity index is 2270. The van der Waals surface area contributed by atoms with E-state index in [0.29, 0.717) is 11.1 Å². The van der Waals surface area contributed by atoms with Gasteiger partial charge in [-0.1, -0.05) is 155 Å². The van der Waals surface area contributed by atoms with Gasteiger partial charge in [-0.25, -0.2) is 0 Å². The van der Waals surface area contributed by atoms with Gasteiger partial charge in [-0.15, -0.1) is 0 Å². The van der Waals surface area contributed by atoms with E-state index < -0.39 is 11.2 Å². The minimum absolute atomic E-state index is 0. The fourth-order valence-electron chi connectivity index (χ4n) is 8.26. The maximum atomic E-state index is 12.3. The van der Waals surface area contributed by atoms with Gasteiger partial charge >= 0.3 is 18.9 Å². The SMILES string of the molecule is C.C1CCOC1.O=C1c2ccc(Br)cc2C(=O)C2C=CC=CC12.OC1(c2ccccc2)c2ccc(Br)cc2C(O)(c2ccccc2)C2C=CC=CC21.[Li+].[c-]1ccccc1. The number of ketones is 2. The normalized spacial score (nSPS) is 24.9. The number of carbonyl (C=O) groups excluding carboxylic acids is 2. The van der Waals surface area contributed by atoms with Gasteiger partial charge in [-0.05, 0) is 65.4 Å². The van der Waals surface area contributed by atoms with Crippen LogP contribution in [0.3, 0.4) is 0 Å². The quantitative estimate of drug-likeness (QED) is 0.138. The van der Waals surface area contributed by atoms with Crippen LogP contribution in [0.1, 0.15) is 63.2 Å². The second-order valence-corrected chi connectivity index (χ2v) is 16.2. The molecule has 2 N–H and O–H groups in total. The molecule has 1 aliphatic heterocycles. The third kappa shape index (κ3) is 9.59. The number of Topliss-reactive ketones (excluding diaryl/α,β-unsaturated/α-hetero) is 2. The zero-order chi connectivity index (χ0) is 39.8. The zero-order valence-electron chi connectivity index (χ0n) is 32.3. The predicted octanol–water partition coefficient (Wildman–Crippen LogP) is 8.40. The average molecular weight is 907 g/mol. The van der Waals surface area contributed by atoms with Crippen LogP contribution in [0.4, 0.5) is 0 Å². The molecule has 6 unspecified atom stereocenters. The number of aliphatic hydroxyl groups is 2. The Morgan fingerprint density at radius 1 is 0.559 bits per heavy atom. The molecule has 4 aliphatic carbocycles. The van der Waals surface area contributed by atoms with Crippen LogP contribution in [0.5, 0.6) is 0 Å². The Kier molecular flexibility index (Phi) is 16.3. The fraction of sp³-hybridized carbons (Fsp3) is 0.216. The average Bonchev–Trinajstić information content (AvgIpc) is 3.87. The Morgan fingerprint density at radius 2 is 1.02 bits per heavy atom. The minimum atomic E-state index is -1.26. The van der Waals surface area contributed by atoms with Crippen molar-refractivity contribution >= 4 is 43.4 Å². The van der Waals surface area contributed by atoms with Crippen molar-refractivity contribution in [2.45, 2.75) is 31.5 Å². The van der Waals surface area contributed by atoms with Crippen molar-refractivity contribution in [2.75, 3.05) is 13.2 Å². The van der Waals surface area contributed by atoms with Crippen molar-refractivity contribution in [1.29, 1.82) is 0 Å². The summed E-state index contributed by atoms with van der Waals surface area (Å²) in [5, 5.41) is 24.5. The van der Waals surface area contributed by atoms with Crippen molar-refractivity contribution in [3.8, 4) is 0 Å². The van der Waals surface area contributed by atoms with Gasteiger partial charge in [-0.2, -0.15) is 36.4 Å². The molecule has 5 aliphatic rings. The molecule has 0 bridgehead atoms. The molecule has 0 radical (unpaired) electrons. The predicted molar refractivity (Wildman–Crippen MR) is 238 cm³/mol. The van der Waals surface area contributed by atoms with E-state index in [4.69, 9.17) is 4.74 Å². The molecular weight excluding hydrogens is 859 g/mol. The first-order valence-electron chi connectivity index (χ1n) is 19.2. The molecule has 8 heteroatoms.